The van der Waals surface area contributed by atoms with Crippen molar-refractivity contribution in [3.63, 3.8) is 0 Å². The van der Waals surface area contributed by atoms with Gasteiger partial charge in [0.25, 0.3) is 0 Å². The molecule has 0 spiro atoms. The summed E-state index contributed by atoms with van der Waals surface area (Å²) < 4.78 is 22.1. The molecule has 6 N–H and O–H groups in total. The molecule has 8 atom stereocenters. The van der Waals surface area contributed by atoms with Crippen LogP contribution in [0.5, 0.6) is 11.5 Å². The van der Waals surface area contributed by atoms with Crippen LogP contribution in [-0.4, -0.2) is 105 Å². The average Bonchev–Trinajstić information content (AvgIpc) is 3.90. The zero-order valence-corrected chi connectivity index (χ0v) is 33.3. The summed E-state index contributed by atoms with van der Waals surface area (Å²) in [6.07, 6.45) is 0.615. The summed E-state index contributed by atoms with van der Waals surface area (Å²) >= 11 is 0. The lowest BCUT2D eigenvalue weighted by Gasteiger charge is -2.25. The van der Waals surface area contributed by atoms with Gasteiger partial charge in [0.15, 0.2) is 0 Å². The van der Waals surface area contributed by atoms with Crippen LogP contribution in [0.2, 0.25) is 0 Å². The number of likely N-dealkylation sites (tertiary alicyclic amines) is 2. The third kappa shape index (κ3) is 8.80. The van der Waals surface area contributed by atoms with Gasteiger partial charge in [-0.25, -0.2) is 9.59 Å². The quantitative estimate of drug-likeness (QED) is 0.121. The lowest BCUT2D eigenvalue weighted by atomic mass is 9.95. The first-order valence-electron chi connectivity index (χ1n) is 20.8. The Morgan fingerprint density at radius 2 is 1.05 bits per heavy atom. The maximum Gasteiger partial charge on any atom is 0.411 e. The molecule has 60 heavy (non-hydrogen) atoms. The molecule has 2 saturated heterocycles. The van der Waals surface area contributed by atoms with Gasteiger partial charge in [-0.05, 0) is 72.5 Å². The lowest BCUT2D eigenvalue weighted by molar-refractivity contribution is 0.0172. The number of hydrogen-bond acceptors (Lipinski definition) is 12. The van der Waals surface area contributed by atoms with E-state index in [1.807, 2.05) is 84.9 Å². The van der Waals surface area contributed by atoms with Crippen LogP contribution < -0.4 is 20.1 Å². The van der Waals surface area contributed by atoms with Gasteiger partial charge in [0, 0.05) is 75.1 Å². The fourth-order valence-corrected chi connectivity index (χ4v) is 10.0. The van der Waals surface area contributed by atoms with Crippen LogP contribution >= 0.6 is 0 Å². The van der Waals surface area contributed by atoms with Gasteiger partial charge in [0.2, 0.25) is 0 Å². The number of carbonyl (C=O) groups is 2. The van der Waals surface area contributed by atoms with E-state index < -0.39 is 35.6 Å². The van der Waals surface area contributed by atoms with E-state index in [-0.39, 0.29) is 37.3 Å². The van der Waals surface area contributed by atoms with E-state index in [0.29, 0.717) is 39.0 Å². The van der Waals surface area contributed by atoms with Crippen molar-refractivity contribution in [2.75, 3.05) is 49.9 Å². The topological polar surface area (TPSA) is 183 Å². The maximum absolute atomic E-state index is 11.3. The van der Waals surface area contributed by atoms with Gasteiger partial charge >= 0.3 is 12.2 Å². The SMILES string of the molecule is O=C1Nc2ccc([C@@H](O)CN3C[C@H]4C[C@H](Oc5ccccc5)C[C@@]4(O)C3)cc2CO1.O=C1Nc2ccc([C@H](O)CN3C[C@H]4C[C@H](Oc5ccccc5)C[C@@]4(O)C3)cc2CO1. The molecule has 2 aliphatic carbocycles. The predicted molar refractivity (Wildman–Crippen MR) is 220 cm³/mol. The van der Waals surface area contributed by atoms with E-state index in [4.69, 9.17) is 18.9 Å². The third-order valence-electron chi connectivity index (χ3n) is 12.9. The predicted octanol–water partition coefficient (Wildman–Crippen LogP) is 5.37. The van der Waals surface area contributed by atoms with Crippen molar-refractivity contribution in [1.82, 2.24) is 9.80 Å². The summed E-state index contributed by atoms with van der Waals surface area (Å²) in [7, 11) is 0. The zero-order valence-electron chi connectivity index (χ0n) is 33.3. The maximum atomic E-state index is 11.3. The van der Waals surface area contributed by atoms with Crippen molar-refractivity contribution in [3.8, 4) is 11.5 Å². The van der Waals surface area contributed by atoms with Gasteiger partial charge in [-0.1, -0.05) is 48.5 Å². The first-order chi connectivity index (χ1) is 29.0. The molecule has 4 aromatic carbocycles. The van der Waals surface area contributed by atoms with Crippen molar-refractivity contribution < 1.29 is 49.0 Å². The minimum Gasteiger partial charge on any atom is -0.490 e. The van der Waals surface area contributed by atoms with Crippen LogP contribution in [0.25, 0.3) is 0 Å². The van der Waals surface area contributed by atoms with Gasteiger partial charge in [-0.15, -0.1) is 0 Å². The highest BCUT2D eigenvalue weighted by molar-refractivity contribution is 5.88. The highest BCUT2D eigenvalue weighted by Gasteiger charge is 2.54. The minimum atomic E-state index is -0.771. The van der Waals surface area contributed by atoms with Crippen molar-refractivity contribution in [1.29, 1.82) is 0 Å². The molecule has 10 rings (SSSR count). The number of ether oxygens (including phenoxy) is 4. The molecule has 0 radical (unpaired) electrons. The number of anilines is 2. The minimum absolute atomic E-state index is 0.0188. The third-order valence-corrected chi connectivity index (χ3v) is 12.9. The molecule has 0 unspecified atom stereocenters. The summed E-state index contributed by atoms with van der Waals surface area (Å²) in [5, 5.41) is 49.1. The van der Waals surface area contributed by atoms with E-state index in [2.05, 4.69) is 20.4 Å². The number of nitrogens with zero attached hydrogens (tertiary/aromatic N) is 2. The zero-order chi connectivity index (χ0) is 41.4. The molecule has 316 valence electrons. The van der Waals surface area contributed by atoms with E-state index in [0.717, 1.165) is 71.1 Å². The first-order valence-corrected chi connectivity index (χ1v) is 20.8. The van der Waals surface area contributed by atoms with E-state index in [1.165, 1.54) is 0 Å². The Labute approximate surface area is 348 Å². The number of fused-ring (bicyclic) bond motifs is 4. The first kappa shape index (κ1) is 40.2. The molecule has 14 nitrogen and oxygen atoms in total. The van der Waals surface area contributed by atoms with Crippen LogP contribution in [-0.2, 0) is 22.7 Å². The summed E-state index contributed by atoms with van der Waals surface area (Å²) in [6.45, 7) is 3.87. The van der Waals surface area contributed by atoms with Crippen LogP contribution in [0.3, 0.4) is 0 Å². The van der Waals surface area contributed by atoms with E-state index in [9.17, 15) is 30.0 Å². The Morgan fingerprint density at radius 1 is 0.633 bits per heavy atom. The summed E-state index contributed by atoms with van der Waals surface area (Å²) in [5.41, 5.74) is 3.16. The molecule has 4 heterocycles. The van der Waals surface area contributed by atoms with E-state index in [1.54, 1.807) is 12.1 Å². The summed E-state index contributed by atoms with van der Waals surface area (Å²) in [6, 6.07) is 30.5. The number of rotatable bonds is 10. The monoisotopic (exact) mass is 820 g/mol. The number of para-hydroxylation sites is 2. The van der Waals surface area contributed by atoms with Crippen molar-refractivity contribution in [2.24, 2.45) is 11.8 Å². The summed E-state index contributed by atoms with van der Waals surface area (Å²) in [4.78, 5) is 26.9. The van der Waals surface area contributed by atoms with Crippen LogP contribution in [0.15, 0.2) is 97.1 Å². The smallest absolute Gasteiger partial charge is 0.411 e. The molecule has 2 amide bonds. The molecule has 0 aromatic heterocycles. The number of aliphatic hydroxyl groups excluding tert-OH is 2. The van der Waals surface area contributed by atoms with Crippen molar-refractivity contribution >= 4 is 23.6 Å². The van der Waals surface area contributed by atoms with Gasteiger partial charge in [-0.2, -0.15) is 0 Å². The Bertz CT molecular complexity index is 2030. The molecule has 2 saturated carbocycles. The number of β-amino-alcohol motifs (C(OH)–C–C–N with tert-alkyl or cyclic N) is 4. The number of aliphatic hydroxyl groups is 4. The largest absolute Gasteiger partial charge is 0.490 e. The Morgan fingerprint density at radius 3 is 1.45 bits per heavy atom. The van der Waals surface area contributed by atoms with Gasteiger partial charge < -0.3 is 39.4 Å². The molecule has 0 bridgehead atoms. The Kier molecular flexibility index (Phi) is 11.2. The van der Waals surface area contributed by atoms with Gasteiger partial charge in [0.1, 0.15) is 36.9 Å². The number of amides is 2. The Hall–Kier alpha value is -5.22. The lowest BCUT2D eigenvalue weighted by Crippen LogP contribution is -2.36. The Balaban J connectivity index is 0.000000154. The van der Waals surface area contributed by atoms with Crippen LogP contribution in [0.4, 0.5) is 21.0 Å². The van der Waals surface area contributed by atoms with Gasteiger partial charge in [0.05, 0.1) is 34.8 Å². The van der Waals surface area contributed by atoms with Crippen molar-refractivity contribution in [3.05, 3.63) is 119 Å². The number of cyclic esters (lactones) is 2. The second-order valence-electron chi connectivity index (χ2n) is 17.2. The van der Waals surface area contributed by atoms with Crippen molar-refractivity contribution in [2.45, 2.75) is 74.5 Å². The number of nitrogens with one attached hydrogen (secondary N) is 2. The number of hydrogen-bond donors (Lipinski definition) is 6. The fourth-order valence-electron chi connectivity index (χ4n) is 10.0. The molecular formula is C46H52N4O10. The molecule has 4 aliphatic heterocycles. The molecule has 14 heteroatoms. The number of carbonyl (C=O) groups excluding carboxylic acids is 2. The van der Waals surface area contributed by atoms with Crippen LogP contribution in [0, 0.1) is 11.8 Å². The van der Waals surface area contributed by atoms with Crippen LogP contribution in [0.1, 0.15) is 60.1 Å². The normalized spacial score (nSPS) is 28.9. The van der Waals surface area contributed by atoms with Gasteiger partial charge in [-0.3, -0.25) is 20.4 Å². The number of benzene rings is 4. The fraction of sp³-hybridized carbons (Fsp3) is 0.435. The average molecular weight is 821 g/mol. The molecular weight excluding hydrogens is 769 g/mol. The standard InChI is InChI=1S/2C23H26N2O5/c2*26-21(15-6-7-20-16(8-15)13-29-22(27)24-20)12-25-11-17-9-19(10-23(17,28)14-25)30-18-4-2-1-3-5-18/h2*1-8,17,19,21,26,28H,9-14H2,(H,24,27)/t17-,19+,21+,23-;17-,19+,21-,23-/m11/s1. The second kappa shape index (κ2) is 16.7. The highest BCUT2D eigenvalue weighted by atomic mass is 16.6. The van der Waals surface area contributed by atoms with E-state index >= 15 is 0 Å². The summed E-state index contributed by atoms with van der Waals surface area (Å²) in [5.74, 6) is 1.97. The molecule has 4 aromatic rings. The molecule has 6 aliphatic rings. The second-order valence-corrected chi connectivity index (χ2v) is 17.2. The highest BCUT2D eigenvalue weighted by Crippen LogP contribution is 2.45. The molecule has 4 fully saturated rings.